The van der Waals surface area contributed by atoms with Crippen molar-refractivity contribution in [2.24, 2.45) is 0 Å². The normalized spacial score (nSPS) is 14.0. The van der Waals surface area contributed by atoms with E-state index >= 15 is 0 Å². The third kappa shape index (κ3) is 2.78. The maximum atomic E-state index is 12.3. The number of anilines is 2. The number of ether oxygens (including phenoxy) is 1. The molecule has 0 bridgehead atoms. The van der Waals surface area contributed by atoms with E-state index in [1.165, 1.54) is 7.11 Å². The zero-order valence-corrected chi connectivity index (χ0v) is 16.2. The average molecular weight is 417 g/mol. The number of esters is 1. The minimum Gasteiger partial charge on any atom is -0.465 e. The molecule has 0 radical (unpaired) electrons. The van der Waals surface area contributed by atoms with Gasteiger partial charge in [-0.2, -0.15) is 0 Å². The van der Waals surface area contributed by atoms with E-state index in [9.17, 15) is 4.79 Å². The summed E-state index contributed by atoms with van der Waals surface area (Å²) in [4.78, 5) is 24.6. The maximum Gasteiger partial charge on any atom is 0.341 e. The van der Waals surface area contributed by atoms with E-state index in [1.54, 1.807) is 24.3 Å². The lowest BCUT2D eigenvalue weighted by Gasteiger charge is -2.06. The van der Waals surface area contributed by atoms with E-state index < -0.39 is 5.97 Å². The predicted molar refractivity (Wildman–Crippen MR) is 107 cm³/mol. The molecule has 1 saturated carbocycles. The number of fused-ring (bicyclic) bond motifs is 3. The molecule has 0 saturated heterocycles. The van der Waals surface area contributed by atoms with E-state index in [2.05, 4.69) is 20.3 Å². The van der Waals surface area contributed by atoms with E-state index in [0.29, 0.717) is 61.2 Å². The molecule has 0 atom stereocenters. The van der Waals surface area contributed by atoms with Gasteiger partial charge in [0.15, 0.2) is 11.5 Å². The van der Waals surface area contributed by atoms with Gasteiger partial charge >= 0.3 is 5.97 Å². The van der Waals surface area contributed by atoms with Crippen molar-refractivity contribution in [1.82, 2.24) is 15.0 Å². The van der Waals surface area contributed by atoms with Gasteiger partial charge in [-0.05, 0) is 31.0 Å². The molecule has 0 unspecified atom stereocenters. The number of hydrogen-bond donors (Lipinski definition) is 2. The summed E-state index contributed by atoms with van der Waals surface area (Å²) in [6, 6.07) is 6.84. The second kappa shape index (κ2) is 6.39. The quantitative estimate of drug-likeness (QED) is 0.431. The summed E-state index contributed by atoms with van der Waals surface area (Å²) < 4.78 is 10.8. The van der Waals surface area contributed by atoms with Gasteiger partial charge in [0.1, 0.15) is 11.1 Å². The number of benzene rings is 2. The molecule has 28 heavy (non-hydrogen) atoms. The second-order valence-corrected chi connectivity index (χ2v) is 7.44. The molecule has 9 heteroatoms. The van der Waals surface area contributed by atoms with Crippen molar-refractivity contribution in [3.05, 3.63) is 45.8 Å². The molecule has 7 nitrogen and oxygen atoms in total. The molecule has 2 aromatic carbocycles. The summed E-state index contributed by atoms with van der Waals surface area (Å²) in [5.74, 6) is 0.850. The molecule has 1 aliphatic carbocycles. The van der Waals surface area contributed by atoms with Crippen LogP contribution in [-0.4, -0.2) is 28.0 Å². The van der Waals surface area contributed by atoms with Gasteiger partial charge in [0.2, 0.25) is 5.95 Å². The summed E-state index contributed by atoms with van der Waals surface area (Å²) in [6.45, 7) is 0. The van der Waals surface area contributed by atoms with E-state index in [1.807, 2.05) is 0 Å². The van der Waals surface area contributed by atoms with Crippen LogP contribution in [0.5, 0.6) is 0 Å². The largest absolute Gasteiger partial charge is 0.465 e. The van der Waals surface area contributed by atoms with Gasteiger partial charge in [-0.15, -0.1) is 0 Å². The van der Waals surface area contributed by atoms with Crippen LogP contribution in [0.3, 0.4) is 0 Å². The van der Waals surface area contributed by atoms with E-state index in [-0.39, 0.29) is 0 Å². The van der Waals surface area contributed by atoms with Gasteiger partial charge in [-0.1, -0.05) is 29.3 Å². The molecule has 0 aliphatic heterocycles. The number of carbonyl (C=O) groups excluding carboxylic acids is 1. The molecule has 0 amide bonds. The van der Waals surface area contributed by atoms with Crippen molar-refractivity contribution in [2.75, 3.05) is 12.4 Å². The molecule has 0 spiro atoms. The Kier molecular flexibility index (Phi) is 3.96. The van der Waals surface area contributed by atoms with Crippen LogP contribution >= 0.6 is 23.2 Å². The molecule has 2 heterocycles. The highest BCUT2D eigenvalue weighted by Crippen LogP contribution is 2.42. The van der Waals surface area contributed by atoms with Gasteiger partial charge in [0.05, 0.1) is 33.9 Å². The third-order valence-electron chi connectivity index (χ3n) is 4.68. The summed E-state index contributed by atoms with van der Waals surface area (Å²) >= 11 is 12.5. The average Bonchev–Trinajstić information content (AvgIpc) is 3.30. The summed E-state index contributed by atoms with van der Waals surface area (Å²) in [5, 5.41) is 4.02. The first-order valence-corrected chi connectivity index (χ1v) is 9.43. The van der Waals surface area contributed by atoms with E-state index in [0.717, 1.165) is 12.8 Å². The molecular weight excluding hydrogens is 403 g/mol. The summed E-state index contributed by atoms with van der Waals surface area (Å²) in [7, 11) is 1.33. The number of aromatic nitrogens is 3. The van der Waals surface area contributed by atoms with Gasteiger partial charge in [0.25, 0.3) is 0 Å². The van der Waals surface area contributed by atoms with Crippen molar-refractivity contribution in [2.45, 2.75) is 18.8 Å². The Labute approximate surface area is 169 Å². The Balaban J connectivity index is 1.68. The van der Waals surface area contributed by atoms with Crippen molar-refractivity contribution < 1.29 is 13.9 Å². The van der Waals surface area contributed by atoms with Crippen molar-refractivity contribution in [1.29, 1.82) is 0 Å². The van der Waals surface area contributed by atoms with Crippen LogP contribution in [0.15, 0.2) is 28.7 Å². The smallest absolute Gasteiger partial charge is 0.341 e. The summed E-state index contributed by atoms with van der Waals surface area (Å²) in [5.41, 5.74) is 2.97. The van der Waals surface area contributed by atoms with Gasteiger partial charge in [0, 0.05) is 5.92 Å². The molecule has 5 rings (SSSR count). The highest BCUT2D eigenvalue weighted by atomic mass is 35.5. The second-order valence-electron chi connectivity index (χ2n) is 6.62. The zero-order valence-electron chi connectivity index (χ0n) is 14.7. The lowest BCUT2D eigenvalue weighted by molar-refractivity contribution is 0.0602. The van der Waals surface area contributed by atoms with Crippen LogP contribution in [0.4, 0.5) is 11.6 Å². The Morgan fingerprint density at radius 1 is 1.29 bits per heavy atom. The Morgan fingerprint density at radius 2 is 2.04 bits per heavy atom. The third-order valence-corrected chi connectivity index (χ3v) is 5.31. The Morgan fingerprint density at radius 3 is 2.71 bits per heavy atom. The number of oxazole rings is 1. The molecule has 2 aromatic heterocycles. The molecule has 4 aromatic rings. The fourth-order valence-electron chi connectivity index (χ4n) is 3.12. The Bertz CT molecular complexity index is 1220. The van der Waals surface area contributed by atoms with Crippen LogP contribution in [0.1, 0.15) is 35.0 Å². The number of carbonyl (C=O) groups is 1. The molecule has 1 aliphatic rings. The first-order chi connectivity index (χ1) is 13.5. The fourth-order valence-corrected chi connectivity index (χ4v) is 3.62. The number of halogens is 2. The van der Waals surface area contributed by atoms with Crippen molar-refractivity contribution in [3.63, 3.8) is 0 Å². The van der Waals surface area contributed by atoms with Crippen LogP contribution in [0.25, 0.3) is 22.1 Å². The topological polar surface area (TPSA) is 93.0 Å². The highest BCUT2D eigenvalue weighted by molar-refractivity contribution is 6.39. The standard InChI is InChI=1S/C19H14Cl2N4O3/c1-27-18(26)9-7-12-14(15-16(9)28-17(23-15)8-5-6-8)25-19(22-12)24-13-10(20)3-2-4-11(13)21/h2-4,7-8H,5-6H2,1H3,(H2,22,24,25). The van der Waals surface area contributed by atoms with Gasteiger partial charge < -0.3 is 19.5 Å². The monoisotopic (exact) mass is 416 g/mol. The first-order valence-electron chi connectivity index (χ1n) is 8.67. The maximum absolute atomic E-state index is 12.3. The Hall–Kier alpha value is -2.77. The van der Waals surface area contributed by atoms with Crippen molar-refractivity contribution >= 4 is 62.9 Å². The van der Waals surface area contributed by atoms with Crippen LogP contribution in [-0.2, 0) is 4.74 Å². The number of aromatic amines is 1. The van der Waals surface area contributed by atoms with Crippen molar-refractivity contribution in [3.8, 4) is 0 Å². The summed E-state index contributed by atoms with van der Waals surface area (Å²) in [6.07, 6.45) is 2.06. The van der Waals surface area contributed by atoms with Gasteiger partial charge in [-0.25, -0.2) is 14.8 Å². The molecule has 2 N–H and O–H groups in total. The van der Waals surface area contributed by atoms with Crippen LogP contribution < -0.4 is 5.32 Å². The number of H-pyrrole nitrogens is 1. The van der Waals surface area contributed by atoms with Crippen LogP contribution in [0.2, 0.25) is 10.0 Å². The predicted octanol–water partition coefficient (Wildman–Crippen LogP) is 5.42. The van der Waals surface area contributed by atoms with Gasteiger partial charge in [-0.3, -0.25) is 0 Å². The number of nitrogens with one attached hydrogen (secondary N) is 2. The molecule has 1 fully saturated rings. The molecular formula is C19H14Cl2N4O3. The highest BCUT2D eigenvalue weighted by Gasteiger charge is 2.31. The lowest BCUT2D eigenvalue weighted by atomic mass is 10.1. The first kappa shape index (κ1) is 17.3. The number of para-hydroxylation sites is 1. The number of methoxy groups -OCH3 is 1. The SMILES string of the molecule is COC(=O)c1cc2nc(Nc3c(Cl)cccc3Cl)[nH]c2c2nc(C3CC3)oc12. The number of hydrogen-bond acceptors (Lipinski definition) is 6. The number of rotatable bonds is 4. The van der Waals surface area contributed by atoms with Crippen LogP contribution in [0, 0.1) is 0 Å². The number of imidazole rings is 1. The molecule has 142 valence electrons. The lowest BCUT2D eigenvalue weighted by Crippen LogP contribution is -2.01. The minimum absolute atomic E-state index is 0.290. The minimum atomic E-state index is -0.503. The fraction of sp³-hybridized carbons (Fsp3) is 0.211. The zero-order chi connectivity index (χ0) is 19.4. The number of nitrogens with zero attached hydrogens (tertiary/aromatic N) is 2. The van der Waals surface area contributed by atoms with E-state index in [4.69, 9.17) is 32.4 Å².